The summed E-state index contributed by atoms with van der Waals surface area (Å²) in [6.07, 6.45) is 12.2. The van der Waals surface area contributed by atoms with Crippen LogP contribution in [0, 0.1) is 6.92 Å². The Morgan fingerprint density at radius 3 is 2.77 bits per heavy atom. The molecule has 10 nitrogen and oxygen atoms in total. The predicted molar refractivity (Wildman–Crippen MR) is 110 cm³/mol. The first kappa shape index (κ1) is 16.5. The summed E-state index contributed by atoms with van der Waals surface area (Å²) in [5.74, 6) is 0.627. The van der Waals surface area contributed by atoms with Crippen molar-refractivity contribution in [3.63, 3.8) is 0 Å². The first-order valence-corrected chi connectivity index (χ1v) is 9.23. The number of pyridine rings is 2. The Hall–Kier alpha value is -4.47. The number of H-pyrrole nitrogens is 2. The van der Waals surface area contributed by atoms with E-state index in [-0.39, 0.29) is 0 Å². The molecule has 2 N–H and O–H groups in total. The average molecular weight is 394 g/mol. The van der Waals surface area contributed by atoms with Crippen LogP contribution < -0.4 is 0 Å². The zero-order chi connectivity index (χ0) is 20.1. The molecule has 0 saturated carbocycles. The first-order valence-electron chi connectivity index (χ1n) is 9.23. The molecule has 0 unspecified atom stereocenters. The number of aromatic amines is 2. The maximum absolute atomic E-state index is 4.67. The van der Waals surface area contributed by atoms with Crippen LogP contribution in [0.15, 0.2) is 55.6 Å². The number of hydrogen-bond acceptors (Lipinski definition) is 7. The van der Waals surface area contributed by atoms with Crippen LogP contribution in [0.25, 0.3) is 50.7 Å². The second-order valence-corrected chi connectivity index (χ2v) is 6.82. The van der Waals surface area contributed by atoms with E-state index in [1.165, 1.54) is 0 Å². The van der Waals surface area contributed by atoms with Crippen LogP contribution in [0.2, 0.25) is 0 Å². The number of aromatic nitrogens is 10. The van der Waals surface area contributed by atoms with Gasteiger partial charge in [0, 0.05) is 36.5 Å². The molecule has 0 aliphatic carbocycles. The molecule has 6 heterocycles. The van der Waals surface area contributed by atoms with Crippen molar-refractivity contribution in [3.05, 3.63) is 61.3 Å². The minimum atomic E-state index is 0.594. The Morgan fingerprint density at radius 1 is 0.967 bits per heavy atom. The van der Waals surface area contributed by atoms with Crippen LogP contribution in [-0.2, 0) is 0 Å². The Kier molecular flexibility index (Phi) is 3.45. The molecule has 0 aliphatic heterocycles. The van der Waals surface area contributed by atoms with Crippen LogP contribution in [0.3, 0.4) is 0 Å². The number of fused-ring (bicyclic) bond motifs is 2. The molecule has 0 amide bonds. The highest BCUT2D eigenvalue weighted by Crippen LogP contribution is 2.29. The molecule has 6 aromatic heterocycles. The summed E-state index contributed by atoms with van der Waals surface area (Å²) in [5, 5.41) is 8.19. The van der Waals surface area contributed by atoms with Crippen molar-refractivity contribution in [3.8, 4) is 28.5 Å². The number of nitrogens with zero attached hydrogens (tertiary/aromatic N) is 8. The highest BCUT2D eigenvalue weighted by atomic mass is 15.2. The van der Waals surface area contributed by atoms with E-state index in [2.05, 4.69) is 45.1 Å². The van der Waals surface area contributed by atoms with Crippen LogP contribution in [0.5, 0.6) is 0 Å². The smallest absolute Gasteiger partial charge is 0.181 e. The maximum atomic E-state index is 4.67. The van der Waals surface area contributed by atoms with E-state index < -0.39 is 0 Å². The summed E-state index contributed by atoms with van der Waals surface area (Å²) in [4.78, 5) is 29.7. The van der Waals surface area contributed by atoms with E-state index in [0.29, 0.717) is 17.1 Å². The number of imidazole rings is 2. The van der Waals surface area contributed by atoms with Gasteiger partial charge in [0.1, 0.15) is 11.2 Å². The molecule has 0 spiro atoms. The van der Waals surface area contributed by atoms with Crippen molar-refractivity contribution >= 4 is 22.2 Å². The zero-order valence-corrected chi connectivity index (χ0v) is 15.8. The fourth-order valence-electron chi connectivity index (χ4n) is 3.45. The van der Waals surface area contributed by atoms with E-state index in [0.717, 1.165) is 39.2 Å². The lowest BCUT2D eigenvalue weighted by Gasteiger charge is -2.02. The monoisotopic (exact) mass is 394 g/mol. The molecule has 0 fully saturated rings. The normalized spacial score (nSPS) is 11.5. The summed E-state index contributed by atoms with van der Waals surface area (Å²) in [5.41, 5.74) is 6.18. The van der Waals surface area contributed by atoms with Crippen molar-refractivity contribution in [1.29, 1.82) is 0 Å². The standard InChI is InChI=1S/C20H14N10/c1-11-9-30(10-25-11)15-2-3-23-19-17(15)26-20(27-19)16-13-6-12(7-24-18(13)29-28-16)14-8-21-4-5-22-14/h2-10H,1H3,(H,23,26,27)(H,24,28,29). The highest BCUT2D eigenvalue weighted by molar-refractivity contribution is 5.93. The Labute approximate surface area is 169 Å². The largest absolute Gasteiger partial charge is 0.334 e. The number of rotatable bonds is 3. The number of aryl methyl sites for hydroxylation is 1. The second-order valence-electron chi connectivity index (χ2n) is 6.82. The van der Waals surface area contributed by atoms with E-state index >= 15 is 0 Å². The van der Waals surface area contributed by atoms with Crippen molar-refractivity contribution in [2.24, 2.45) is 0 Å². The van der Waals surface area contributed by atoms with Gasteiger partial charge >= 0.3 is 0 Å². The van der Waals surface area contributed by atoms with Crippen molar-refractivity contribution in [2.75, 3.05) is 0 Å². The molecular formula is C20H14N10. The fraction of sp³-hybridized carbons (Fsp3) is 0.0500. The molecule has 144 valence electrons. The Balaban J connectivity index is 1.52. The van der Waals surface area contributed by atoms with E-state index in [4.69, 9.17) is 0 Å². The topological polar surface area (TPSA) is 127 Å². The lowest BCUT2D eigenvalue weighted by molar-refractivity contribution is 1.06. The Bertz CT molecular complexity index is 1510. The van der Waals surface area contributed by atoms with Gasteiger partial charge in [0.25, 0.3) is 0 Å². The molecule has 6 aromatic rings. The molecule has 0 radical (unpaired) electrons. The van der Waals surface area contributed by atoms with Crippen molar-refractivity contribution in [1.82, 2.24) is 49.7 Å². The van der Waals surface area contributed by atoms with Crippen LogP contribution in [0.1, 0.15) is 5.69 Å². The zero-order valence-electron chi connectivity index (χ0n) is 15.8. The molecule has 0 saturated heterocycles. The molecule has 0 atom stereocenters. The van der Waals surface area contributed by atoms with Gasteiger partial charge in [-0.15, -0.1) is 0 Å². The third-order valence-corrected chi connectivity index (χ3v) is 4.87. The van der Waals surface area contributed by atoms with Gasteiger partial charge in [-0.1, -0.05) is 0 Å². The van der Waals surface area contributed by atoms with Gasteiger partial charge in [0.15, 0.2) is 17.1 Å². The summed E-state index contributed by atoms with van der Waals surface area (Å²) >= 11 is 0. The number of hydrogen-bond donors (Lipinski definition) is 2. The lowest BCUT2D eigenvalue weighted by Crippen LogP contribution is -1.92. The molecule has 6 rings (SSSR count). The third kappa shape index (κ3) is 2.54. The van der Waals surface area contributed by atoms with Gasteiger partial charge in [-0.3, -0.25) is 15.1 Å². The van der Waals surface area contributed by atoms with Gasteiger partial charge in [-0.2, -0.15) is 5.10 Å². The molecule has 0 aliphatic rings. The van der Waals surface area contributed by atoms with Gasteiger partial charge in [-0.05, 0) is 19.1 Å². The van der Waals surface area contributed by atoms with Crippen molar-refractivity contribution < 1.29 is 0 Å². The third-order valence-electron chi connectivity index (χ3n) is 4.87. The SMILES string of the molecule is Cc1cn(-c2ccnc3nc(-c4[nH]nc5ncc(-c6cnccn6)cc45)[nH]c23)cn1. The average Bonchev–Trinajstić information content (AvgIpc) is 3.51. The molecular weight excluding hydrogens is 380 g/mol. The molecule has 0 aromatic carbocycles. The minimum absolute atomic E-state index is 0.594. The van der Waals surface area contributed by atoms with Crippen LogP contribution in [0.4, 0.5) is 0 Å². The van der Waals surface area contributed by atoms with E-state index in [1.807, 2.05) is 29.8 Å². The van der Waals surface area contributed by atoms with E-state index in [1.54, 1.807) is 37.3 Å². The van der Waals surface area contributed by atoms with E-state index in [9.17, 15) is 0 Å². The van der Waals surface area contributed by atoms with Gasteiger partial charge < -0.3 is 9.55 Å². The predicted octanol–water partition coefficient (Wildman–Crippen LogP) is 2.85. The molecule has 10 heteroatoms. The summed E-state index contributed by atoms with van der Waals surface area (Å²) in [6, 6.07) is 3.90. The van der Waals surface area contributed by atoms with Crippen LogP contribution >= 0.6 is 0 Å². The maximum Gasteiger partial charge on any atom is 0.181 e. The molecule has 0 bridgehead atoms. The highest BCUT2D eigenvalue weighted by Gasteiger charge is 2.16. The van der Waals surface area contributed by atoms with Gasteiger partial charge in [0.05, 0.1) is 35.0 Å². The Morgan fingerprint density at radius 2 is 1.93 bits per heavy atom. The first-order chi connectivity index (χ1) is 14.8. The van der Waals surface area contributed by atoms with Crippen molar-refractivity contribution in [2.45, 2.75) is 6.92 Å². The summed E-state index contributed by atoms with van der Waals surface area (Å²) < 4.78 is 1.94. The van der Waals surface area contributed by atoms with Gasteiger partial charge in [-0.25, -0.2) is 19.9 Å². The van der Waals surface area contributed by atoms with Gasteiger partial charge in [0.2, 0.25) is 0 Å². The summed E-state index contributed by atoms with van der Waals surface area (Å²) in [6.45, 7) is 1.95. The summed E-state index contributed by atoms with van der Waals surface area (Å²) in [7, 11) is 0. The second kappa shape index (κ2) is 6.27. The minimum Gasteiger partial charge on any atom is -0.334 e. The number of nitrogens with one attached hydrogen (secondary N) is 2. The lowest BCUT2D eigenvalue weighted by atomic mass is 10.1. The molecule has 30 heavy (non-hydrogen) atoms. The quantitative estimate of drug-likeness (QED) is 0.472. The van der Waals surface area contributed by atoms with Crippen LogP contribution in [-0.4, -0.2) is 49.7 Å². The fourth-order valence-corrected chi connectivity index (χ4v) is 3.45.